The van der Waals surface area contributed by atoms with Crippen LogP contribution in [0.3, 0.4) is 0 Å². The van der Waals surface area contributed by atoms with Crippen LogP contribution in [0, 0.1) is 17.8 Å². The predicted octanol–water partition coefficient (Wildman–Crippen LogP) is 0.800. The van der Waals surface area contributed by atoms with E-state index >= 15 is 0 Å². The first-order chi connectivity index (χ1) is 11.2. The molecule has 0 radical (unpaired) electrons. The average Bonchev–Trinajstić information content (AvgIpc) is 3.17. The van der Waals surface area contributed by atoms with E-state index in [0.717, 1.165) is 57.1 Å². The Bertz CT molecular complexity index is 347. The van der Waals surface area contributed by atoms with E-state index in [1.807, 2.05) is 0 Å². The molecule has 0 unspecified atom stereocenters. The van der Waals surface area contributed by atoms with Crippen LogP contribution in [-0.4, -0.2) is 85.2 Å². The molecule has 0 aromatic rings. The SMILES string of the molecule is OCCN1CCN(C[C@@H](O)COCC[C@H]2C[C@H]3CC[C@@H]2C3)CC1. The minimum atomic E-state index is -0.376. The van der Waals surface area contributed by atoms with Gasteiger partial charge in [-0.05, 0) is 43.4 Å². The van der Waals surface area contributed by atoms with Crippen LogP contribution in [0.2, 0.25) is 0 Å². The number of ether oxygens (including phenoxy) is 1. The smallest absolute Gasteiger partial charge is 0.0900 e. The molecule has 2 bridgehead atoms. The second-order valence-electron chi connectivity index (χ2n) is 7.82. The highest BCUT2D eigenvalue weighted by molar-refractivity contribution is 4.89. The van der Waals surface area contributed by atoms with Crippen LogP contribution >= 0.6 is 0 Å². The third-order valence-electron chi connectivity index (χ3n) is 6.18. The van der Waals surface area contributed by atoms with Gasteiger partial charge in [0.05, 0.1) is 19.3 Å². The molecule has 2 aliphatic carbocycles. The number of rotatable bonds is 9. The van der Waals surface area contributed by atoms with Crippen LogP contribution in [0.1, 0.15) is 32.1 Å². The molecule has 3 aliphatic rings. The lowest BCUT2D eigenvalue weighted by molar-refractivity contribution is 0.00152. The van der Waals surface area contributed by atoms with E-state index in [9.17, 15) is 5.11 Å². The summed E-state index contributed by atoms with van der Waals surface area (Å²) >= 11 is 0. The van der Waals surface area contributed by atoms with Crippen molar-refractivity contribution in [3.05, 3.63) is 0 Å². The van der Waals surface area contributed by atoms with Gasteiger partial charge >= 0.3 is 0 Å². The van der Waals surface area contributed by atoms with Crippen LogP contribution in [0.4, 0.5) is 0 Å². The first-order valence-electron chi connectivity index (χ1n) is 9.56. The standard InChI is InChI=1S/C18H34N2O3/c21-9-8-19-4-6-20(7-5-19)13-18(22)14-23-10-3-17-12-15-1-2-16(17)11-15/h15-18,21-22H,1-14H2/t15-,16+,17-,18+/m0/s1. The number of hydrogen-bond acceptors (Lipinski definition) is 5. The van der Waals surface area contributed by atoms with Gasteiger partial charge in [-0.1, -0.05) is 6.42 Å². The van der Waals surface area contributed by atoms with E-state index in [1.165, 1.54) is 32.1 Å². The number of fused-ring (bicyclic) bond motifs is 2. The van der Waals surface area contributed by atoms with Gasteiger partial charge in [-0.2, -0.15) is 0 Å². The number of piperazine rings is 1. The Morgan fingerprint density at radius 2 is 1.83 bits per heavy atom. The van der Waals surface area contributed by atoms with Gasteiger partial charge in [-0.3, -0.25) is 9.80 Å². The minimum absolute atomic E-state index is 0.235. The third-order valence-corrected chi connectivity index (χ3v) is 6.18. The molecule has 3 fully saturated rings. The molecule has 0 amide bonds. The topological polar surface area (TPSA) is 56.2 Å². The van der Waals surface area contributed by atoms with Crippen molar-refractivity contribution >= 4 is 0 Å². The second-order valence-corrected chi connectivity index (χ2v) is 7.82. The van der Waals surface area contributed by atoms with Gasteiger partial charge in [0, 0.05) is 45.9 Å². The zero-order chi connectivity index (χ0) is 16.1. The Balaban J connectivity index is 1.22. The van der Waals surface area contributed by atoms with Crippen molar-refractivity contribution in [2.45, 2.75) is 38.2 Å². The zero-order valence-corrected chi connectivity index (χ0v) is 14.4. The number of hydrogen-bond donors (Lipinski definition) is 2. The number of aliphatic hydroxyl groups excluding tert-OH is 2. The van der Waals surface area contributed by atoms with Crippen LogP contribution < -0.4 is 0 Å². The highest BCUT2D eigenvalue weighted by atomic mass is 16.5. The molecule has 23 heavy (non-hydrogen) atoms. The maximum Gasteiger partial charge on any atom is 0.0900 e. The van der Waals surface area contributed by atoms with Crippen molar-refractivity contribution < 1.29 is 14.9 Å². The van der Waals surface area contributed by atoms with E-state index < -0.39 is 0 Å². The molecule has 3 rings (SSSR count). The number of aliphatic hydroxyl groups is 2. The van der Waals surface area contributed by atoms with Crippen LogP contribution in [0.5, 0.6) is 0 Å². The first kappa shape index (κ1) is 17.6. The summed E-state index contributed by atoms with van der Waals surface area (Å²) in [6.45, 7) is 6.91. The molecule has 5 nitrogen and oxygen atoms in total. The van der Waals surface area contributed by atoms with Gasteiger partial charge in [0.25, 0.3) is 0 Å². The lowest BCUT2D eigenvalue weighted by Crippen LogP contribution is -2.49. The lowest BCUT2D eigenvalue weighted by atomic mass is 9.87. The van der Waals surface area contributed by atoms with E-state index in [1.54, 1.807) is 0 Å². The Labute approximate surface area is 140 Å². The van der Waals surface area contributed by atoms with Gasteiger partial charge in [0.15, 0.2) is 0 Å². The van der Waals surface area contributed by atoms with E-state index in [2.05, 4.69) is 9.80 Å². The van der Waals surface area contributed by atoms with Crippen LogP contribution in [0.15, 0.2) is 0 Å². The van der Waals surface area contributed by atoms with E-state index in [0.29, 0.717) is 13.2 Å². The largest absolute Gasteiger partial charge is 0.395 e. The molecule has 2 saturated carbocycles. The summed E-state index contributed by atoms with van der Waals surface area (Å²) in [5.74, 6) is 2.88. The molecule has 5 heteroatoms. The molecule has 0 spiro atoms. The fourth-order valence-electron chi connectivity index (χ4n) is 4.87. The van der Waals surface area contributed by atoms with Crippen LogP contribution in [0.25, 0.3) is 0 Å². The summed E-state index contributed by atoms with van der Waals surface area (Å²) in [7, 11) is 0. The second kappa shape index (κ2) is 8.77. The summed E-state index contributed by atoms with van der Waals surface area (Å²) in [5, 5.41) is 19.1. The fraction of sp³-hybridized carbons (Fsp3) is 1.00. The maximum atomic E-state index is 10.1. The van der Waals surface area contributed by atoms with Crippen LogP contribution in [-0.2, 0) is 4.74 Å². The third kappa shape index (κ3) is 5.13. The molecule has 4 atom stereocenters. The fourth-order valence-corrected chi connectivity index (χ4v) is 4.87. The summed E-state index contributed by atoms with van der Waals surface area (Å²) in [6.07, 6.45) is 6.62. The normalized spacial score (nSPS) is 33.4. The molecule has 1 heterocycles. The summed E-state index contributed by atoms with van der Waals surface area (Å²) in [5.41, 5.74) is 0. The highest BCUT2D eigenvalue weighted by Gasteiger charge is 2.38. The van der Waals surface area contributed by atoms with Crippen molar-refractivity contribution in [2.75, 3.05) is 59.1 Å². The molecule has 134 valence electrons. The molecule has 1 saturated heterocycles. The molecule has 2 N–H and O–H groups in total. The highest BCUT2D eigenvalue weighted by Crippen LogP contribution is 2.49. The van der Waals surface area contributed by atoms with Crippen molar-refractivity contribution in [3.8, 4) is 0 Å². The minimum Gasteiger partial charge on any atom is -0.395 e. The van der Waals surface area contributed by atoms with E-state index in [-0.39, 0.29) is 12.7 Å². The summed E-state index contributed by atoms with van der Waals surface area (Å²) in [6, 6.07) is 0. The Hall–Kier alpha value is -0.200. The molecule has 0 aromatic carbocycles. The Morgan fingerprint density at radius 3 is 2.48 bits per heavy atom. The van der Waals surface area contributed by atoms with Gasteiger partial charge in [-0.25, -0.2) is 0 Å². The Morgan fingerprint density at radius 1 is 1.04 bits per heavy atom. The first-order valence-corrected chi connectivity index (χ1v) is 9.56. The van der Waals surface area contributed by atoms with Crippen molar-refractivity contribution in [2.24, 2.45) is 17.8 Å². The quantitative estimate of drug-likeness (QED) is 0.614. The number of β-amino-alcohol motifs (C(OH)–C–C–N with tert-alkyl or cyclic N) is 2. The summed E-state index contributed by atoms with van der Waals surface area (Å²) in [4.78, 5) is 4.58. The molecule has 1 aliphatic heterocycles. The van der Waals surface area contributed by atoms with Crippen molar-refractivity contribution in [3.63, 3.8) is 0 Å². The molecular formula is C18H34N2O3. The average molecular weight is 326 g/mol. The molecule has 0 aromatic heterocycles. The maximum absolute atomic E-state index is 10.1. The Kier molecular flexibility index (Phi) is 6.72. The van der Waals surface area contributed by atoms with Crippen molar-refractivity contribution in [1.29, 1.82) is 0 Å². The zero-order valence-electron chi connectivity index (χ0n) is 14.4. The number of nitrogens with zero attached hydrogens (tertiary/aromatic N) is 2. The monoisotopic (exact) mass is 326 g/mol. The van der Waals surface area contributed by atoms with Gasteiger partial charge < -0.3 is 14.9 Å². The van der Waals surface area contributed by atoms with Gasteiger partial charge in [-0.15, -0.1) is 0 Å². The lowest BCUT2D eigenvalue weighted by Gasteiger charge is -2.35. The van der Waals surface area contributed by atoms with Gasteiger partial charge in [0.1, 0.15) is 0 Å². The summed E-state index contributed by atoms with van der Waals surface area (Å²) < 4.78 is 5.75. The molecular weight excluding hydrogens is 292 g/mol. The van der Waals surface area contributed by atoms with Crippen molar-refractivity contribution in [1.82, 2.24) is 9.80 Å². The van der Waals surface area contributed by atoms with E-state index in [4.69, 9.17) is 9.84 Å². The predicted molar refractivity (Wildman–Crippen MR) is 90.3 cm³/mol. The van der Waals surface area contributed by atoms with Gasteiger partial charge in [0.2, 0.25) is 0 Å².